The minimum absolute atomic E-state index is 0.169. The van der Waals surface area contributed by atoms with E-state index >= 15 is 0 Å². The van der Waals surface area contributed by atoms with Gasteiger partial charge in [0, 0.05) is 5.54 Å². The molecule has 0 fully saturated rings. The summed E-state index contributed by atoms with van der Waals surface area (Å²) in [5.41, 5.74) is 15.7. The maximum atomic E-state index is 6.92. The van der Waals surface area contributed by atoms with E-state index in [2.05, 4.69) is 171 Å². The van der Waals surface area contributed by atoms with Crippen molar-refractivity contribution in [1.82, 2.24) is 0 Å². The highest BCUT2D eigenvalue weighted by atomic mass is 28.3. The summed E-state index contributed by atoms with van der Waals surface area (Å²) in [4.78, 5) is 0. The van der Waals surface area contributed by atoms with Gasteiger partial charge >= 0.3 is 0 Å². The molecule has 5 aromatic rings. The molecule has 0 aromatic heterocycles. The lowest BCUT2D eigenvalue weighted by atomic mass is 9.93. The van der Waals surface area contributed by atoms with Gasteiger partial charge in [0.15, 0.2) is 0 Å². The predicted octanol–water partition coefficient (Wildman–Crippen LogP) is 13.6. The summed E-state index contributed by atoms with van der Waals surface area (Å²) in [6.07, 6.45) is 8.94. The van der Waals surface area contributed by atoms with Crippen molar-refractivity contribution in [2.45, 2.75) is 117 Å². The molecule has 0 bridgehead atoms. The Bertz CT molecular complexity index is 2030. The molecule has 3 heteroatoms. The van der Waals surface area contributed by atoms with Gasteiger partial charge in [0.2, 0.25) is 0 Å². The zero-order chi connectivity index (χ0) is 38.8. The Hall–Kier alpha value is -3.93. The van der Waals surface area contributed by atoms with E-state index in [1.54, 1.807) is 0 Å². The van der Waals surface area contributed by atoms with E-state index in [1.165, 1.54) is 97.3 Å². The number of unbranched alkanes of at least 4 members (excludes halogenated alkanes) is 2. The minimum atomic E-state index is -2.40. The Morgan fingerprint density at radius 1 is 0.648 bits per heavy atom. The highest BCUT2D eigenvalue weighted by molar-refractivity contribution is 6.95. The fourth-order valence-corrected chi connectivity index (χ4v) is 14.8. The Kier molecular flexibility index (Phi) is 11.8. The SMILES string of the molecule is C=CCOc1c([Si](C)(C)C2c3cc(-c4ccccc4CCCC)ccc3-c3ccc(-c4ccccc4CCCC)cc32)cc(C)cc1[Si](C)(C)C(C)(C)C. The second-order valence-electron chi connectivity index (χ2n) is 17.9. The number of fused-ring (bicyclic) bond motifs is 3. The van der Waals surface area contributed by atoms with Crippen LogP contribution in [0.15, 0.2) is 110 Å². The maximum Gasteiger partial charge on any atom is 0.118 e. The first-order valence-corrected chi connectivity index (χ1v) is 26.7. The van der Waals surface area contributed by atoms with E-state index in [4.69, 9.17) is 4.74 Å². The Labute approximate surface area is 330 Å². The van der Waals surface area contributed by atoms with Crippen LogP contribution in [0.2, 0.25) is 31.2 Å². The van der Waals surface area contributed by atoms with E-state index in [0.717, 1.165) is 18.6 Å². The summed E-state index contributed by atoms with van der Waals surface area (Å²) in [5, 5.41) is 3.06. The fraction of sp³-hybridized carbons (Fsp3) is 0.373. The third-order valence-corrected chi connectivity index (χ3v) is 22.1. The van der Waals surface area contributed by atoms with Gasteiger partial charge in [-0.25, -0.2) is 0 Å². The van der Waals surface area contributed by atoms with Crippen LogP contribution in [-0.4, -0.2) is 22.8 Å². The summed E-state index contributed by atoms with van der Waals surface area (Å²) in [5.74, 6) is 1.14. The molecule has 1 aliphatic rings. The smallest absolute Gasteiger partial charge is 0.118 e. The quantitative estimate of drug-likeness (QED) is 0.0812. The Balaban J connectivity index is 1.62. The van der Waals surface area contributed by atoms with Gasteiger partial charge in [-0.3, -0.25) is 0 Å². The lowest BCUT2D eigenvalue weighted by molar-refractivity contribution is 0.368. The number of rotatable bonds is 14. The van der Waals surface area contributed by atoms with Gasteiger partial charge in [-0.2, -0.15) is 0 Å². The molecule has 282 valence electrons. The van der Waals surface area contributed by atoms with Gasteiger partial charge in [0.25, 0.3) is 0 Å². The normalized spacial score (nSPS) is 13.1. The number of benzene rings is 5. The van der Waals surface area contributed by atoms with E-state index in [9.17, 15) is 0 Å². The third kappa shape index (κ3) is 7.51. The highest BCUT2D eigenvalue weighted by Gasteiger charge is 2.46. The predicted molar refractivity (Wildman–Crippen MR) is 243 cm³/mol. The van der Waals surface area contributed by atoms with Crippen LogP contribution in [0.5, 0.6) is 5.75 Å². The molecule has 0 heterocycles. The van der Waals surface area contributed by atoms with Crippen LogP contribution < -0.4 is 15.1 Å². The summed E-state index contributed by atoms with van der Waals surface area (Å²) in [6.45, 7) is 29.0. The van der Waals surface area contributed by atoms with Crippen LogP contribution in [0.25, 0.3) is 33.4 Å². The molecule has 0 amide bonds. The van der Waals surface area contributed by atoms with Gasteiger partial charge in [0.05, 0.1) is 16.1 Å². The van der Waals surface area contributed by atoms with Crippen LogP contribution >= 0.6 is 0 Å². The molecule has 1 aliphatic carbocycles. The summed E-state index contributed by atoms with van der Waals surface area (Å²) < 4.78 is 6.92. The van der Waals surface area contributed by atoms with Gasteiger partial charge in [0.1, 0.15) is 12.4 Å². The Morgan fingerprint density at radius 2 is 1.13 bits per heavy atom. The van der Waals surface area contributed by atoms with Gasteiger partial charge in [-0.05, 0) is 104 Å². The molecule has 0 aliphatic heterocycles. The first-order valence-electron chi connectivity index (χ1n) is 20.6. The highest BCUT2D eigenvalue weighted by Crippen LogP contribution is 2.52. The van der Waals surface area contributed by atoms with E-state index in [0.29, 0.717) is 6.61 Å². The monoisotopic (exact) mass is 748 g/mol. The molecule has 0 unspecified atom stereocenters. The zero-order valence-corrected chi connectivity index (χ0v) is 37.0. The molecule has 0 saturated carbocycles. The molecule has 0 N–H and O–H groups in total. The fourth-order valence-electron chi connectivity index (χ4n) is 8.72. The molecule has 0 radical (unpaired) electrons. The van der Waals surface area contributed by atoms with E-state index < -0.39 is 16.1 Å². The van der Waals surface area contributed by atoms with Crippen molar-refractivity contribution in [2.75, 3.05) is 6.61 Å². The average Bonchev–Trinajstić information content (AvgIpc) is 3.48. The average molecular weight is 749 g/mol. The van der Waals surface area contributed by atoms with Crippen LogP contribution in [0.4, 0.5) is 0 Å². The lowest BCUT2D eigenvalue weighted by Gasteiger charge is -2.41. The molecule has 0 spiro atoms. The van der Waals surface area contributed by atoms with Crippen molar-refractivity contribution in [2.24, 2.45) is 0 Å². The molecular formula is C51H64OSi2. The topological polar surface area (TPSA) is 9.23 Å². The second-order valence-corrected chi connectivity index (χ2v) is 27.8. The lowest BCUT2D eigenvalue weighted by Crippen LogP contribution is -2.55. The number of ether oxygens (including phenoxy) is 1. The Morgan fingerprint density at radius 3 is 1.59 bits per heavy atom. The number of aryl methyl sites for hydroxylation is 3. The standard InChI is InChI=1S/C51H64OSi2/c1-12-15-21-37-23-17-19-25-41(37)39-27-29-43-44-30-28-40(42-26-20-18-24-38(42)22-16-13-2)35-46(44)50(45(43)34-39)53(8,9)47-32-36(4)33-48(49(47)52-31-14-3)54(10,11)51(5,6)7/h14,17-20,23-30,32-35,50H,3,12-13,15-16,21-22,31H2,1-2,4-11H3. The molecule has 6 rings (SSSR count). The largest absolute Gasteiger partial charge is 0.490 e. The van der Waals surface area contributed by atoms with Crippen molar-refractivity contribution in [3.8, 4) is 39.1 Å². The molecular weight excluding hydrogens is 685 g/mol. The molecule has 1 nitrogen and oxygen atoms in total. The van der Waals surface area contributed by atoms with Crippen molar-refractivity contribution in [3.05, 3.63) is 138 Å². The zero-order valence-electron chi connectivity index (χ0n) is 35.0. The molecule has 0 atom stereocenters. The summed E-state index contributed by atoms with van der Waals surface area (Å²) in [6, 6.07) is 37.9. The molecule has 54 heavy (non-hydrogen) atoms. The maximum absolute atomic E-state index is 6.92. The van der Waals surface area contributed by atoms with Crippen LogP contribution in [0.1, 0.15) is 93.7 Å². The van der Waals surface area contributed by atoms with Gasteiger partial charge in [-0.1, -0.05) is 189 Å². The van der Waals surface area contributed by atoms with Crippen LogP contribution in [0.3, 0.4) is 0 Å². The number of hydrogen-bond acceptors (Lipinski definition) is 1. The molecule has 5 aromatic carbocycles. The van der Waals surface area contributed by atoms with Crippen LogP contribution in [-0.2, 0) is 12.8 Å². The third-order valence-electron chi connectivity index (χ3n) is 12.8. The first kappa shape index (κ1) is 39.8. The summed E-state index contributed by atoms with van der Waals surface area (Å²) >= 11 is 0. The number of hydrogen-bond donors (Lipinski definition) is 0. The van der Waals surface area contributed by atoms with E-state index in [1.807, 2.05) is 6.08 Å². The van der Waals surface area contributed by atoms with Gasteiger partial charge in [-0.15, -0.1) is 0 Å². The van der Waals surface area contributed by atoms with Gasteiger partial charge < -0.3 is 4.74 Å². The van der Waals surface area contributed by atoms with Crippen molar-refractivity contribution < 1.29 is 4.74 Å². The van der Waals surface area contributed by atoms with Crippen LogP contribution in [0, 0.1) is 6.92 Å². The minimum Gasteiger partial charge on any atom is -0.490 e. The summed E-state index contributed by atoms with van der Waals surface area (Å²) in [7, 11) is -4.38. The van der Waals surface area contributed by atoms with Crippen molar-refractivity contribution in [1.29, 1.82) is 0 Å². The van der Waals surface area contributed by atoms with Crippen molar-refractivity contribution >= 4 is 26.5 Å². The second kappa shape index (κ2) is 16.0. The van der Waals surface area contributed by atoms with E-state index in [-0.39, 0.29) is 10.6 Å². The first-order chi connectivity index (χ1) is 25.7. The molecule has 0 saturated heterocycles. The van der Waals surface area contributed by atoms with Crippen molar-refractivity contribution in [3.63, 3.8) is 0 Å².